The Morgan fingerprint density at radius 1 is 1.10 bits per heavy atom. The molecule has 100 valence electrons. The molecule has 1 amide bonds. The van der Waals surface area contributed by atoms with Gasteiger partial charge in [-0.15, -0.1) is 0 Å². The molecule has 1 heterocycles. The maximum atomic E-state index is 12.3. The number of hydrogen-bond acceptors (Lipinski definition) is 4. The molecule has 0 spiro atoms. The second-order valence-corrected chi connectivity index (χ2v) is 4.46. The average Bonchev–Trinajstić information content (AvgIpc) is 2.38. The van der Waals surface area contributed by atoms with Gasteiger partial charge < -0.3 is 5.32 Å². The van der Waals surface area contributed by atoms with Gasteiger partial charge in [-0.2, -0.15) is 5.26 Å². The topological polar surface area (TPSA) is 78.7 Å². The van der Waals surface area contributed by atoms with E-state index < -0.39 is 0 Å². The summed E-state index contributed by atoms with van der Waals surface area (Å²) < 4.78 is 0. The zero-order valence-corrected chi connectivity index (χ0v) is 11.6. The Bertz CT molecular complexity index is 676. The van der Waals surface area contributed by atoms with Crippen molar-refractivity contribution >= 4 is 11.6 Å². The Labute approximate surface area is 117 Å². The predicted molar refractivity (Wildman–Crippen MR) is 75.4 cm³/mol. The van der Waals surface area contributed by atoms with Crippen molar-refractivity contribution in [2.45, 2.75) is 20.8 Å². The van der Waals surface area contributed by atoms with Crippen molar-refractivity contribution in [1.29, 1.82) is 5.26 Å². The van der Waals surface area contributed by atoms with E-state index in [1.54, 1.807) is 45.0 Å². The SMILES string of the molecule is Cc1nc(C)c(C(=O)Nc2ccc(C#N)cc2)c(C)n1. The Morgan fingerprint density at radius 3 is 2.15 bits per heavy atom. The molecular formula is C15H14N4O. The van der Waals surface area contributed by atoms with Crippen molar-refractivity contribution in [2.24, 2.45) is 0 Å². The number of nitriles is 1. The highest BCUT2D eigenvalue weighted by Crippen LogP contribution is 2.14. The number of rotatable bonds is 2. The molecule has 2 aromatic rings. The molecule has 20 heavy (non-hydrogen) atoms. The van der Waals surface area contributed by atoms with Crippen molar-refractivity contribution in [3.63, 3.8) is 0 Å². The number of amides is 1. The summed E-state index contributed by atoms with van der Waals surface area (Å²) >= 11 is 0. The molecule has 0 unspecified atom stereocenters. The molecule has 1 aromatic carbocycles. The highest BCUT2D eigenvalue weighted by atomic mass is 16.1. The molecule has 5 nitrogen and oxygen atoms in total. The molecule has 0 saturated heterocycles. The van der Waals surface area contributed by atoms with E-state index in [0.717, 1.165) is 0 Å². The first-order chi connectivity index (χ1) is 9.51. The summed E-state index contributed by atoms with van der Waals surface area (Å²) in [6.45, 7) is 5.37. The molecule has 5 heteroatoms. The number of benzene rings is 1. The van der Waals surface area contributed by atoms with Gasteiger partial charge in [-0.05, 0) is 45.0 Å². The standard InChI is InChI=1S/C15H14N4O/c1-9-14(10(2)18-11(3)17-9)15(20)19-13-6-4-12(8-16)5-7-13/h4-7H,1-3H3,(H,19,20). The Kier molecular flexibility index (Phi) is 3.76. The predicted octanol–water partition coefficient (Wildman–Crippen LogP) is 2.53. The lowest BCUT2D eigenvalue weighted by Crippen LogP contribution is -2.17. The third-order valence-electron chi connectivity index (χ3n) is 2.88. The van der Waals surface area contributed by atoms with Crippen LogP contribution in [0.25, 0.3) is 0 Å². The van der Waals surface area contributed by atoms with Gasteiger partial charge in [0.1, 0.15) is 5.82 Å². The number of carbonyl (C=O) groups is 1. The molecule has 0 aliphatic carbocycles. The van der Waals surface area contributed by atoms with Crippen LogP contribution in [0.1, 0.15) is 33.1 Å². The zero-order valence-electron chi connectivity index (χ0n) is 11.6. The molecule has 1 aromatic heterocycles. The third kappa shape index (κ3) is 2.81. The van der Waals surface area contributed by atoms with Crippen molar-refractivity contribution < 1.29 is 4.79 Å². The summed E-state index contributed by atoms with van der Waals surface area (Å²) in [4.78, 5) is 20.7. The van der Waals surface area contributed by atoms with Gasteiger partial charge in [0.05, 0.1) is 28.6 Å². The number of anilines is 1. The molecule has 0 atom stereocenters. The molecule has 2 rings (SSSR count). The number of carbonyl (C=O) groups excluding carboxylic acids is 1. The number of aryl methyl sites for hydroxylation is 3. The lowest BCUT2D eigenvalue weighted by atomic mass is 10.1. The largest absolute Gasteiger partial charge is 0.322 e. The first-order valence-corrected chi connectivity index (χ1v) is 6.14. The number of nitrogens with one attached hydrogen (secondary N) is 1. The molecule has 0 aliphatic heterocycles. The summed E-state index contributed by atoms with van der Waals surface area (Å²) in [7, 11) is 0. The van der Waals surface area contributed by atoms with Crippen LogP contribution < -0.4 is 5.32 Å². The van der Waals surface area contributed by atoms with E-state index in [9.17, 15) is 4.79 Å². The molecule has 0 bridgehead atoms. The summed E-state index contributed by atoms with van der Waals surface area (Å²) in [5, 5.41) is 11.5. The number of aromatic nitrogens is 2. The Hall–Kier alpha value is -2.74. The van der Waals surface area contributed by atoms with E-state index in [1.807, 2.05) is 6.07 Å². The lowest BCUT2D eigenvalue weighted by molar-refractivity contribution is 0.102. The highest BCUT2D eigenvalue weighted by Gasteiger charge is 2.15. The van der Waals surface area contributed by atoms with Gasteiger partial charge in [0.15, 0.2) is 0 Å². The first kappa shape index (κ1) is 13.7. The lowest BCUT2D eigenvalue weighted by Gasteiger charge is -2.10. The van der Waals surface area contributed by atoms with Crippen LogP contribution in [-0.4, -0.2) is 15.9 Å². The minimum atomic E-state index is -0.246. The molecule has 1 N–H and O–H groups in total. The first-order valence-electron chi connectivity index (χ1n) is 6.14. The van der Waals surface area contributed by atoms with Crippen LogP contribution in [0.3, 0.4) is 0 Å². The average molecular weight is 266 g/mol. The number of hydrogen-bond donors (Lipinski definition) is 1. The maximum absolute atomic E-state index is 12.3. The molecular weight excluding hydrogens is 252 g/mol. The van der Waals surface area contributed by atoms with Gasteiger partial charge in [0.25, 0.3) is 5.91 Å². The van der Waals surface area contributed by atoms with E-state index >= 15 is 0 Å². The monoisotopic (exact) mass is 266 g/mol. The Balaban J connectivity index is 2.26. The van der Waals surface area contributed by atoms with Crippen molar-refractivity contribution in [2.75, 3.05) is 5.32 Å². The van der Waals surface area contributed by atoms with Gasteiger partial charge in [-0.3, -0.25) is 4.79 Å². The third-order valence-corrected chi connectivity index (χ3v) is 2.88. The fourth-order valence-electron chi connectivity index (χ4n) is 2.03. The summed E-state index contributed by atoms with van der Waals surface area (Å²) in [6, 6.07) is 8.72. The number of nitrogens with zero attached hydrogens (tertiary/aromatic N) is 3. The fourth-order valence-corrected chi connectivity index (χ4v) is 2.03. The van der Waals surface area contributed by atoms with E-state index in [2.05, 4.69) is 15.3 Å². The van der Waals surface area contributed by atoms with E-state index in [0.29, 0.717) is 34.0 Å². The smallest absolute Gasteiger partial charge is 0.259 e. The quantitative estimate of drug-likeness (QED) is 0.905. The van der Waals surface area contributed by atoms with E-state index in [1.165, 1.54) is 0 Å². The van der Waals surface area contributed by atoms with Crippen molar-refractivity contribution in [3.8, 4) is 6.07 Å². The summed E-state index contributed by atoms with van der Waals surface area (Å²) in [6.07, 6.45) is 0. The molecule has 0 saturated carbocycles. The van der Waals surface area contributed by atoms with Crippen molar-refractivity contribution in [3.05, 3.63) is 52.6 Å². The van der Waals surface area contributed by atoms with Crippen LogP contribution in [0.2, 0.25) is 0 Å². The van der Waals surface area contributed by atoms with Gasteiger partial charge in [-0.25, -0.2) is 9.97 Å². The van der Waals surface area contributed by atoms with Crippen LogP contribution >= 0.6 is 0 Å². The van der Waals surface area contributed by atoms with Gasteiger partial charge in [0.2, 0.25) is 0 Å². The summed E-state index contributed by atoms with van der Waals surface area (Å²) in [5.41, 5.74) is 2.98. The molecule has 0 radical (unpaired) electrons. The van der Waals surface area contributed by atoms with E-state index in [4.69, 9.17) is 5.26 Å². The minimum Gasteiger partial charge on any atom is -0.322 e. The van der Waals surface area contributed by atoms with E-state index in [-0.39, 0.29) is 5.91 Å². The van der Waals surface area contributed by atoms with Crippen LogP contribution in [0, 0.1) is 32.1 Å². The second-order valence-electron chi connectivity index (χ2n) is 4.46. The van der Waals surface area contributed by atoms with Crippen molar-refractivity contribution in [1.82, 2.24) is 9.97 Å². The normalized spacial score (nSPS) is 9.90. The van der Waals surface area contributed by atoms with Gasteiger partial charge >= 0.3 is 0 Å². The minimum absolute atomic E-state index is 0.246. The van der Waals surface area contributed by atoms with Crippen LogP contribution in [0.4, 0.5) is 5.69 Å². The maximum Gasteiger partial charge on any atom is 0.259 e. The van der Waals surface area contributed by atoms with Crippen LogP contribution in [0.15, 0.2) is 24.3 Å². The molecule has 0 aliphatic rings. The second kappa shape index (κ2) is 5.49. The highest BCUT2D eigenvalue weighted by molar-refractivity contribution is 6.05. The van der Waals surface area contributed by atoms with Gasteiger partial charge in [-0.1, -0.05) is 0 Å². The molecule has 0 fully saturated rings. The Morgan fingerprint density at radius 2 is 1.65 bits per heavy atom. The van der Waals surface area contributed by atoms with Crippen LogP contribution in [0.5, 0.6) is 0 Å². The summed E-state index contributed by atoms with van der Waals surface area (Å²) in [5.74, 6) is 0.402. The van der Waals surface area contributed by atoms with Gasteiger partial charge in [0, 0.05) is 5.69 Å². The fraction of sp³-hybridized carbons (Fsp3) is 0.200. The zero-order chi connectivity index (χ0) is 14.7. The van der Waals surface area contributed by atoms with Crippen LogP contribution in [-0.2, 0) is 0 Å².